The first-order valence-corrected chi connectivity index (χ1v) is 11.6. The minimum Gasteiger partial charge on any atom is -0.373 e. The quantitative estimate of drug-likeness (QED) is 0.609. The molecule has 160 valence electrons. The first-order valence-electron chi connectivity index (χ1n) is 10.8. The van der Waals surface area contributed by atoms with Crippen molar-refractivity contribution in [1.29, 1.82) is 0 Å². The summed E-state index contributed by atoms with van der Waals surface area (Å²) in [6, 6.07) is 0. The third-order valence-electron chi connectivity index (χ3n) is 7.16. The molecule has 6 nitrogen and oxygen atoms in total. The van der Waals surface area contributed by atoms with E-state index in [9.17, 15) is 0 Å². The van der Waals surface area contributed by atoms with Gasteiger partial charge in [0.1, 0.15) is 11.5 Å². The zero-order chi connectivity index (χ0) is 20.3. The van der Waals surface area contributed by atoms with Gasteiger partial charge in [0.2, 0.25) is 0 Å². The lowest BCUT2D eigenvalue weighted by atomic mass is 9.81. The number of pyridine rings is 1. The van der Waals surface area contributed by atoms with Crippen molar-refractivity contribution in [2.24, 2.45) is 11.8 Å². The van der Waals surface area contributed by atoms with Crippen LogP contribution in [0.25, 0.3) is 11.3 Å². The van der Waals surface area contributed by atoms with Gasteiger partial charge in [-0.05, 0) is 38.5 Å². The molecule has 2 bridgehead atoms. The van der Waals surface area contributed by atoms with Crippen molar-refractivity contribution < 1.29 is 18.7 Å². The maximum atomic E-state index is 6.46. The molecular weight excluding hydrogens is 427 g/mol. The predicted molar refractivity (Wildman–Crippen MR) is 110 cm³/mol. The van der Waals surface area contributed by atoms with Crippen LogP contribution in [0.3, 0.4) is 0 Å². The van der Waals surface area contributed by atoms with Crippen molar-refractivity contribution in [2.75, 3.05) is 13.2 Å². The van der Waals surface area contributed by atoms with Crippen LogP contribution in [0.4, 0.5) is 0 Å². The number of hydrogen-bond donors (Lipinski definition) is 0. The number of rotatable bonds is 5. The molecule has 1 aliphatic heterocycles. The van der Waals surface area contributed by atoms with Crippen LogP contribution in [0.15, 0.2) is 16.9 Å². The van der Waals surface area contributed by atoms with E-state index < -0.39 is 0 Å². The van der Waals surface area contributed by atoms with Crippen molar-refractivity contribution >= 4 is 23.2 Å². The van der Waals surface area contributed by atoms with Crippen LogP contribution >= 0.6 is 23.2 Å². The molecular formula is C22H24Cl2N2O4. The zero-order valence-electron chi connectivity index (χ0n) is 16.6. The largest absolute Gasteiger partial charge is 0.373 e. The van der Waals surface area contributed by atoms with E-state index >= 15 is 0 Å². The molecule has 2 aromatic rings. The first-order chi connectivity index (χ1) is 14.7. The van der Waals surface area contributed by atoms with Gasteiger partial charge in [0.15, 0.2) is 5.79 Å². The van der Waals surface area contributed by atoms with Crippen LogP contribution in [-0.2, 0) is 20.8 Å². The summed E-state index contributed by atoms with van der Waals surface area (Å²) >= 11 is 12.8. The average Bonchev–Trinajstić information content (AvgIpc) is 3.28. The van der Waals surface area contributed by atoms with Gasteiger partial charge in [0.05, 0.1) is 36.0 Å². The van der Waals surface area contributed by atoms with Crippen molar-refractivity contribution in [3.8, 4) is 11.3 Å². The van der Waals surface area contributed by atoms with E-state index in [0.717, 1.165) is 49.8 Å². The number of ether oxygens (including phenoxy) is 3. The van der Waals surface area contributed by atoms with Crippen molar-refractivity contribution in [1.82, 2.24) is 10.1 Å². The Kier molecular flexibility index (Phi) is 4.84. The molecule has 0 N–H and O–H groups in total. The van der Waals surface area contributed by atoms with Crippen molar-refractivity contribution in [3.05, 3.63) is 33.8 Å². The van der Waals surface area contributed by atoms with E-state index in [0.29, 0.717) is 58.9 Å². The zero-order valence-corrected chi connectivity index (χ0v) is 18.1. The second-order valence-electron chi connectivity index (χ2n) is 8.92. The standard InChI is InChI=1S/C22H24Cl2N2O4/c23-17-9-25-10-18(24)19(17)20-16(21(30-26-20)12-1-2-12)11-27-15-7-13-3-4-14(8-15)22(13)28-5-6-29-22/h9-10,12-15H,1-8,11H2/t13-,14+,15+. The van der Waals surface area contributed by atoms with Gasteiger partial charge in [-0.2, -0.15) is 0 Å². The minimum atomic E-state index is -0.348. The summed E-state index contributed by atoms with van der Waals surface area (Å²) in [5.74, 6) is 1.80. The maximum Gasteiger partial charge on any atom is 0.174 e. The Hall–Kier alpha value is -1.18. The van der Waals surface area contributed by atoms with Gasteiger partial charge >= 0.3 is 0 Å². The lowest BCUT2D eigenvalue weighted by molar-refractivity contribution is -0.238. The average molecular weight is 451 g/mol. The summed E-state index contributed by atoms with van der Waals surface area (Å²) in [4.78, 5) is 4.05. The van der Waals surface area contributed by atoms with Crippen molar-refractivity contribution in [2.45, 2.75) is 62.9 Å². The highest BCUT2D eigenvalue weighted by Crippen LogP contribution is 2.55. The molecule has 0 unspecified atom stereocenters. The van der Waals surface area contributed by atoms with Crippen LogP contribution in [-0.4, -0.2) is 35.2 Å². The van der Waals surface area contributed by atoms with Crippen LogP contribution in [0.5, 0.6) is 0 Å². The first kappa shape index (κ1) is 19.5. The van der Waals surface area contributed by atoms with Gasteiger partial charge in [-0.3, -0.25) is 4.98 Å². The fraction of sp³-hybridized carbons (Fsp3) is 0.636. The molecule has 3 atom stereocenters. The molecule has 4 fully saturated rings. The predicted octanol–water partition coefficient (Wildman–Crippen LogP) is 5.37. The fourth-order valence-corrected chi connectivity index (χ4v) is 6.19. The smallest absolute Gasteiger partial charge is 0.174 e. The van der Waals surface area contributed by atoms with E-state index in [1.165, 1.54) is 0 Å². The van der Waals surface area contributed by atoms with Gasteiger partial charge in [-0.1, -0.05) is 28.4 Å². The normalized spacial score (nSPS) is 29.7. The Balaban J connectivity index is 1.24. The molecule has 3 saturated carbocycles. The van der Waals surface area contributed by atoms with Gasteiger partial charge in [-0.15, -0.1) is 0 Å². The third-order valence-corrected chi connectivity index (χ3v) is 7.73. The van der Waals surface area contributed by atoms with Crippen LogP contribution in [0.2, 0.25) is 10.0 Å². The molecule has 0 aromatic carbocycles. The molecule has 1 spiro atoms. The molecule has 3 aliphatic carbocycles. The Labute approximate surface area is 185 Å². The Morgan fingerprint density at radius 1 is 1.00 bits per heavy atom. The van der Waals surface area contributed by atoms with E-state index in [4.69, 9.17) is 41.9 Å². The van der Waals surface area contributed by atoms with Gasteiger partial charge in [0, 0.05) is 41.3 Å². The molecule has 1 saturated heterocycles. The molecule has 0 amide bonds. The Morgan fingerprint density at radius 2 is 1.67 bits per heavy atom. The van der Waals surface area contributed by atoms with E-state index in [-0.39, 0.29) is 11.9 Å². The second kappa shape index (κ2) is 7.45. The summed E-state index contributed by atoms with van der Waals surface area (Å²) < 4.78 is 24.4. The monoisotopic (exact) mass is 450 g/mol. The second-order valence-corrected chi connectivity index (χ2v) is 9.73. The SMILES string of the molecule is Clc1cncc(Cl)c1-c1noc(C2CC2)c1CO[C@H]1C[C@H]2CC[C@@H](C1)C21OCCO1. The summed E-state index contributed by atoms with van der Waals surface area (Å²) in [5.41, 5.74) is 2.30. The lowest BCUT2D eigenvalue weighted by Gasteiger charge is -2.41. The highest BCUT2D eigenvalue weighted by atomic mass is 35.5. The molecule has 3 heterocycles. The van der Waals surface area contributed by atoms with E-state index in [2.05, 4.69) is 10.1 Å². The Bertz CT molecular complexity index is 918. The maximum absolute atomic E-state index is 6.46. The molecule has 0 radical (unpaired) electrons. The molecule has 6 rings (SSSR count). The summed E-state index contributed by atoms with van der Waals surface area (Å²) in [7, 11) is 0. The number of nitrogens with zero attached hydrogens (tertiary/aromatic N) is 2. The number of halogens is 2. The fourth-order valence-electron chi connectivity index (χ4n) is 5.65. The van der Waals surface area contributed by atoms with Crippen LogP contribution < -0.4 is 0 Å². The van der Waals surface area contributed by atoms with Crippen molar-refractivity contribution in [3.63, 3.8) is 0 Å². The topological polar surface area (TPSA) is 66.6 Å². The van der Waals surface area contributed by atoms with Gasteiger partial charge in [0.25, 0.3) is 0 Å². The molecule has 2 aromatic heterocycles. The number of hydrogen-bond acceptors (Lipinski definition) is 6. The number of aromatic nitrogens is 2. The third kappa shape index (κ3) is 3.11. The van der Waals surface area contributed by atoms with E-state index in [1.807, 2.05) is 0 Å². The summed E-state index contributed by atoms with van der Waals surface area (Å²) in [6.45, 7) is 1.86. The van der Waals surface area contributed by atoms with Gasteiger partial charge in [-0.25, -0.2) is 0 Å². The molecule has 8 heteroatoms. The summed E-state index contributed by atoms with van der Waals surface area (Å²) in [6.07, 6.45) is 9.81. The van der Waals surface area contributed by atoms with Crippen LogP contribution in [0.1, 0.15) is 55.8 Å². The molecule has 4 aliphatic rings. The highest BCUT2D eigenvalue weighted by molar-refractivity contribution is 6.38. The molecule has 30 heavy (non-hydrogen) atoms. The lowest BCUT2D eigenvalue weighted by Crippen LogP contribution is -2.47. The van der Waals surface area contributed by atoms with Crippen LogP contribution in [0, 0.1) is 11.8 Å². The highest BCUT2D eigenvalue weighted by Gasteiger charge is 2.58. The Morgan fingerprint density at radius 3 is 2.30 bits per heavy atom. The van der Waals surface area contributed by atoms with E-state index in [1.54, 1.807) is 12.4 Å². The minimum absolute atomic E-state index is 0.180. The summed E-state index contributed by atoms with van der Waals surface area (Å²) in [5, 5.41) is 5.27. The van der Waals surface area contributed by atoms with Gasteiger partial charge < -0.3 is 18.7 Å².